The molecule has 0 fully saturated rings. The Bertz CT molecular complexity index is 1060. The minimum atomic E-state index is -0.440. The maximum atomic E-state index is 12.6. The normalized spacial score (nSPS) is 11.3. The number of unbranched alkanes of at least 4 members (excludes halogenated alkanes) is 6. The molecule has 0 saturated heterocycles. The lowest BCUT2D eigenvalue weighted by Gasteiger charge is -2.20. The quantitative estimate of drug-likeness (QED) is 0.487. The highest BCUT2D eigenvalue weighted by atomic mass is 16.2. The summed E-state index contributed by atoms with van der Waals surface area (Å²) in [4.78, 5) is 33.9. The van der Waals surface area contributed by atoms with E-state index in [0.29, 0.717) is 30.2 Å². The predicted molar refractivity (Wildman–Crippen MR) is 122 cm³/mol. The Morgan fingerprint density at radius 2 is 1.67 bits per heavy atom. The molecule has 2 heterocycles. The fraction of sp³-hybridized carbons (Fsp3) is 0.522. The molecule has 162 valence electrons. The van der Waals surface area contributed by atoms with Gasteiger partial charge in [0.1, 0.15) is 0 Å². The lowest BCUT2D eigenvalue weighted by Crippen LogP contribution is -2.29. The van der Waals surface area contributed by atoms with Crippen LogP contribution in [0.25, 0.3) is 11.2 Å². The van der Waals surface area contributed by atoms with Crippen molar-refractivity contribution >= 4 is 17.1 Å². The Labute approximate surface area is 177 Å². The Hall–Kier alpha value is -2.83. The van der Waals surface area contributed by atoms with E-state index < -0.39 is 5.69 Å². The van der Waals surface area contributed by atoms with Gasteiger partial charge in [0.25, 0.3) is 5.56 Å². The standard InChI is InChI=1S/C23H33N5O2/c1-4-5-6-7-8-9-13-16-28-19-20(27(3)23(30)25-21(19)29)24-22(28)26(2)17-18-14-11-10-12-15-18/h10-12,14-15H,4-9,13,16-17H2,1-3H3,(H,25,29,30). The van der Waals surface area contributed by atoms with Crippen molar-refractivity contribution in [3.63, 3.8) is 0 Å². The first kappa shape index (κ1) is 21.9. The zero-order chi connectivity index (χ0) is 21.5. The highest BCUT2D eigenvalue weighted by molar-refractivity contribution is 5.74. The highest BCUT2D eigenvalue weighted by Crippen LogP contribution is 2.21. The van der Waals surface area contributed by atoms with E-state index in [1.165, 1.54) is 36.7 Å². The monoisotopic (exact) mass is 411 g/mol. The summed E-state index contributed by atoms with van der Waals surface area (Å²) in [7, 11) is 3.62. The number of aryl methyl sites for hydroxylation is 2. The van der Waals surface area contributed by atoms with Crippen LogP contribution in [0.2, 0.25) is 0 Å². The number of nitrogens with one attached hydrogen (secondary N) is 1. The predicted octanol–water partition coefficient (Wildman–Crippen LogP) is 3.81. The average Bonchev–Trinajstić information content (AvgIpc) is 3.12. The van der Waals surface area contributed by atoms with E-state index in [0.717, 1.165) is 18.4 Å². The summed E-state index contributed by atoms with van der Waals surface area (Å²) in [5.41, 5.74) is 1.25. The molecule has 2 aromatic heterocycles. The van der Waals surface area contributed by atoms with E-state index >= 15 is 0 Å². The van der Waals surface area contributed by atoms with Gasteiger partial charge in [-0.25, -0.2) is 4.79 Å². The number of benzene rings is 1. The first-order chi connectivity index (χ1) is 14.5. The molecular weight excluding hydrogens is 378 g/mol. The number of anilines is 1. The minimum Gasteiger partial charge on any atom is -0.341 e. The fourth-order valence-electron chi connectivity index (χ4n) is 3.88. The van der Waals surface area contributed by atoms with Crippen LogP contribution in [-0.2, 0) is 20.1 Å². The summed E-state index contributed by atoms with van der Waals surface area (Å²) < 4.78 is 3.39. The number of nitrogens with zero attached hydrogens (tertiary/aromatic N) is 4. The largest absolute Gasteiger partial charge is 0.341 e. The van der Waals surface area contributed by atoms with Gasteiger partial charge in [-0.2, -0.15) is 4.98 Å². The highest BCUT2D eigenvalue weighted by Gasteiger charge is 2.19. The SMILES string of the molecule is CCCCCCCCCn1c(N(C)Cc2ccccc2)nc2c1c(=O)[nH]c(=O)n2C. The third-order valence-electron chi connectivity index (χ3n) is 5.58. The van der Waals surface area contributed by atoms with E-state index in [4.69, 9.17) is 4.98 Å². The van der Waals surface area contributed by atoms with Gasteiger partial charge in [-0.15, -0.1) is 0 Å². The second-order valence-electron chi connectivity index (χ2n) is 8.02. The molecule has 0 atom stereocenters. The number of hydrogen-bond donors (Lipinski definition) is 1. The summed E-state index contributed by atoms with van der Waals surface area (Å²) in [6.07, 6.45) is 8.40. The Morgan fingerprint density at radius 3 is 2.37 bits per heavy atom. The lowest BCUT2D eigenvalue weighted by atomic mass is 10.1. The number of rotatable bonds is 11. The molecule has 1 N–H and O–H groups in total. The maximum absolute atomic E-state index is 12.6. The summed E-state index contributed by atoms with van der Waals surface area (Å²) in [6.45, 7) is 3.61. The number of H-pyrrole nitrogens is 1. The molecule has 7 heteroatoms. The molecule has 3 aromatic rings. The number of aromatic amines is 1. The van der Waals surface area contributed by atoms with E-state index in [1.807, 2.05) is 34.7 Å². The van der Waals surface area contributed by atoms with Crippen molar-refractivity contribution in [2.75, 3.05) is 11.9 Å². The molecular formula is C23H33N5O2. The average molecular weight is 412 g/mol. The second kappa shape index (κ2) is 10.3. The number of imidazole rings is 1. The van der Waals surface area contributed by atoms with Gasteiger partial charge in [0.2, 0.25) is 5.95 Å². The molecule has 0 unspecified atom stereocenters. The van der Waals surface area contributed by atoms with Gasteiger partial charge in [-0.3, -0.25) is 14.3 Å². The van der Waals surface area contributed by atoms with Crippen LogP contribution in [0.1, 0.15) is 57.4 Å². The van der Waals surface area contributed by atoms with Gasteiger partial charge >= 0.3 is 5.69 Å². The van der Waals surface area contributed by atoms with Crippen molar-refractivity contribution in [1.82, 2.24) is 19.1 Å². The van der Waals surface area contributed by atoms with Crippen LogP contribution in [0.5, 0.6) is 0 Å². The lowest BCUT2D eigenvalue weighted by molar-refractivity contribution is 0.553. The summed E-state index contributed by atoms with van der Waals surface area (Å²) in [6, 6.07) is 10.2. The molecule has 0 aliphatic heterocycles. The molecule has 0 spiro atoms. The molecule has 0 aliphatic carbocycles. The first-order valence-electron chi connectivity index (χ1n) is 11.0. The molecule has 1 aromatic carbocycles. The van der Waals surface area contributed by atoms with Crippen molar-refractivity contribution in [3.8, 4) is 0 Å². The van der Waals surface area contributed by atoms with Gasteiger partial charge in [0.05, 0.1) is 0 Å². The van der Waals surface area contributed by atoms with Crippen molar-refractivity contribution in [3.05, 3.63) is 56.7 Å². The van der Waals surface area contributed by atoms with Crippen LogP contribution in [0, 0.1) is 0 Å². The van der Waals surface area contributed by atoms with Crippen LogP contribution in [0.3, 0.4) is 0 Å². The van der Waals surface area contributed by atoms with Gasteiger partial charge in [-0.1, -0.05) is 75.8 Å². The Balaban J connectivity index is 1.86. The van der Waals surface area contributed by atoms with E-state index in [-0.39, 0.29) is 5.56 Å². The van der Waals surface area contributed by atoms with E-state index in [1.54, 1.807) is 7.05 Å². The van der Waals surface area contributed by atoms with Gasteiger partial charge in [-0.05, 0) is 12.0 Å². The molecule has 0 amide bonds. The molecule has 0 bridgehead atoms. The van der Waals surface area contributed by atoms with Crippen molar-refractivity contribution in [2.45, 2.75) is 65.0 Å². The smallest absolute Gasteiger partial charge is 0.329 e. The number of fused-ring (bicyclic) bond motifs is 1. The molecule has 0 saturated carbocycles. The third kappa shape index (κ3) is 5.01. The van der Waals surface area contributed by atoms with Crippen LogP contribution < -0.4 is 16.1 Å². The molecule has 0 radical (unpaired) electrons. The Morgan fingerprint density at radius 1 is 1.00 bits per heavy atom. The molecule has 3 rings (SSSR count). The summed E-state index contributed by atoms with van der Waals surface area (Å²) in [5, 5.41) is 0. The number of hydrogen-bond acceptors (Lipinski definition) is 4. The maximum Gasteiger partial charge on any atom is 0.329 e. The minimum absolute atomic E-state index is 0.372. The molecule has 30 heavy (non-hydrogen) atoms. The van der Waals surface area contributed by atoms with E-state index in [9.17, 15) is 9.59 Å². The van der Waals surface area contributed by atoms with E-state index in [2.05, 4.69) is 24.0 Å². The summed E-state index contributed by atoms with van der Waals surface area (Å²) in [5.74, 6) is 0.714. The van der Waals surface area contributed by atoms with Crippen LogP contribution >= 0.6 is 0 Å². The van der Waals surface area contributed by atoms with Crippen molar-refractivity contribution in [1.29, 1.82) is 0 Å². The van der Waals surface area contributed by atoms with Crippen LogP contribution in [0.4, 0.5) is 5.95 Å². The topological polar surface area (TPSA) is 75.9 Å². The van der Waals surface area contributed by atoms with Crippen molar-refractivity contribution < 1.29 is 0 Å². The Kier molecular flexibility index (Phi) is 7.49. The zero-order valence-corrected chi connectivity index (χ0v) is 18.4. The number of aromatic nitrogens is 4. The molecule has 7 nitrogen and oxygen atoms in total. The summed E-state index contributed by atoms with van der Waals surface area (Å²) >= 11 is 0. The van der Waals surface area contributed by atoms with Crippen molar-refractivity contribution in [2.24, 2.45) is 7.05 Å². The van der Waals surface area contributed by atoms with Gasteiger partial charge in [0.15, 0.2) is 11.2 Å². The first-order valence-corrected chi connectivity index (χ1v) is 11.0. The molecule has 0 aliphatic rings. The zero-order valence-electron chi connectivity index (χ0n) is 18.4. The van der Waals surface area contributed by atoms with Gasteiger partial charge in [0, 0.05) is 27.2 Å². The fourth-order valence-corrected chi connectivity index (χ4v) is 3.88. The van der Waals surface area contributed by atoms with Gasteiger partial charge < -0.3 is 9.47 Å². The second-order valence-corrected chi connectivity index (χ2v) is 8.02. The third-order valence-corrected chi connectivity index (χ3v) is 5.58. The van der Waals surface area contributed by atoms with Crippen LogP contribution in [-0.4, -0.2) is 26.1 Å². The van der Waals surface area contributed by atoms with Crippen LogP contribution in [0.15, 0.2) is 39.9 Å².